The van der Waals surface area contributed by atoms with Gasteiger partial charge in [0.15, 0.2) is 0 Å². The first-order valence-corrected chi connectivity index (χ1v) is 5.91. The molecule has 0 saturated carbocycles. The van der Waals surface area contributed by atoms with Gasteiger partial charge < -0.3 is 15.0 Å². The minimum atomic E-state index is 0.297. The van der Waals surface area contributed by atoms with Gasteiger partial charge in [-0.05, 0) is 26.3 Å². The van der Waals surface area contributed by atoms with Gasteiger partial charge in [0, 0.05) is 19.3 Å². The van der Waals surface area contributed by atoms with Crippen LogP contribution in [0, 0.1) is 0 Å². The molecule has 0 bridgehead atoms. The van der Waals surface area contributed by atoms with Crippen molar-refractivity contribution in [2.75, 3.05) is 18.5 Å². The molecule has 5 heteroatoms. The zero-order valence-corrected chi connectivity index (χ0v) is 10.2. The monoisotopic (exact) mass is 234 g/mol. The smallest absolute Gasteiger partial charge is 0.142 e. The summed E-state index contributed by atoms with van der Waals surface area (Å²) < 4.78 is 5.47. The highest BCUT2D eigenvalue weighted by Crippen LogP contribution is 2.16. The highest BCUT2D eigenvalue weighted by molar-refractivity contribution is 5.86. The Morgan fingerprint density at radius 3 is 3.12 bits per heavy atom. The number of hydrogen-bond donors (Lipinski definition) is 2. The largest absolute Gasteiger partial charge is 0.379 e. The normalized spacial score (nSPS) is 11.2. The molecule has 0 amide bonds. The van der Waals surface area contributed by atoms with Gasteiger partial charge in [-0.25, -0.2) is 9.97 Å². The Morgan fingerprint density at radius 2 is 2.29 bits per heavy atom. The average molecular weight is 234 g/mol. The van der Waals surface area contributed by atoms with Crippen LogP contribution in [0.15, 0.2) is 18.6 Å². The number of hydrogen-bond acceptors (Lipinski definition) is 4. The number of rotatable bonds is 6. The third-order valence-electron chi connectivity index (χ3n) is 2.42. The molecule has 0 aliphatic rings. The van der Waals surface area contributed by atoms with Gasteiger partial charge in [0.1, 0.15) is 17.8 Å². The van der Waals surface area contributed by atoms with Gasteiger partial charge in [0.2, 0.25) is 0 Å². The van der Waals surface area contributed by atoms with Crippen molar-refractivity contribution in [2.45, 2.75) is 26.4 Å². The Kier molecular flexibility index (Phi) is 3.93. The third-order valence-corrected chi connectivity index (χ3v) is 2.42. The Balaban J connectivity index is 1.84. The number of aromatic amines is 1. The Hall–Kier alpha value is -1.62. The van der Waals surface area contributed by atoms with Crippen molar-refractivity contribution in [1.29, 1.82) is 0 Å². The van der Waals surface area contributed by atoms with Crippen molar-refractivity contribution in [2.24, 2.45) is 0 Å². The van der Waals surface area contributed by atoms with Crippen LogP contribution < -0.4 is 5.32 Å². The number of H-pyrrole nitrogens is 1. The minimum absolute atomic E-state index is 0.297. The summed E-state index contributed by atoms with van der Waals surface area (Å²) in [7, 11) is 0. The number of ether oxygens (including phenoxy) is 1. The van der Waals surface area contributed by atoms with Gasteiger partial charge in [-0.1, -0.05) is 0 Å². The molecule has 5 nitrogen and oxygen atoms in total. The molecule has 92 valence electrons. The second kappa shape index (κ2) is 5.63. The molecule has 0 aromatic carbocycles. The molecule has 0 fully saturated rings. The van der Waals surface area contributed by atoms with E-state index in [0.717, 1.165) is 36.4 Å². The van der Waals surface area contributed by atoms with Crippen LogP contribution in [0.3, 0.4) is 0 Å². The summed E-state index contributed by atoms with van der Waals surface area (Å²) in [6.07, 6.45) is 4.69. The fraction of sp³-hybridized carbons (Fsp3) is 0.500. The Morgan fingerprint density at radius 1 is 1.41 bits per heavy atom. The van der Waals surface area contributed by atoms with Crippen LogP contribution in [0.2, 0.25) is 0 Å². The molecule has 17 heavy (non-hydrogen) atoms. The van der Waals surface area contributed by atoms with Crippen molar-refractivity contribution >= 4 is 16.9 Å². The molecule has 0 aliphatic carbocycles. The number of anilines is 1. The first-order valence-electron chi connectivity index (χ1n) is 5.91. The Labute approximate surface area is 101 Å². The summed E-state index contributed by atoms with van der Waals surface area (Å²) in [6.45, 7) is 5.71. The lowest BCUT2D eigenvalue weighted by Crippen LogP contribution is -2.10. The number of aromatic nitrogens is 3. The molecule has 2 heterocycles. The molecule has 2 N–H and O–H groups in total. The van der Waals surface area contributed by atoms with E-state index in [0.29, 0.717) is 6.10 Å². The van der Waals surface area contributed by atoms with Crippen LogP contribution in [0.4, 0.5) is 5.82 Å². The van der Waals surface area contributed by atoms with E-state index in [1.807, 2.05) is 26.1 Å². The highest BCUT2D eigenvalue weighted by atomic mass is 16.5. The summed E-state index contributed by atoms with van der Waals surface area (Å²) in [4.78, 5) is 11.4. The van der Waals surface area contributed by atoms with E-state index in [2.05, 4.69) is 20.3 Å². The fourth-order valence-electron chi connectivity index (χ4n) is 1.61. The van der Waals surface area contributed by atoms with E-state index in [1.54, 1.807) is 6.33 Å². The van der Waals surface area contributed by atoms with Crippen LogP contribution in [0.5, 0.6) is 0 Å². The highest BCUT2D eigenvalue weighted by Gasteiger charge is 2.02. The molecule has 2 rings (SSSR count). The summed E-state index contributed by atoms with van der Waals surface area (Å²) in [5.74, 6) is 0.876. The summed E-state index contributed by atoms with van der Waals surface area (Å²) in [5, 5.41) is 4.32. The van der Waals surface area contributed by atoms with Crippen molar-refractivity contribution in [3.63, 3.8) is 0 Å². The lowest BCUT2D eigenvalue weighted by atomic mass is 10.3. The van der Waals surface area contributed by atoms with E-state index in [-0.39, 0.29) is 0 Å². The molecular weight excluding hydrogens is 216 g/mol. The van der Waals surface area contributed by atoms with Gasteiger partial charge >= 0.3 is 0 Å². The molecule has 0 aliphatic heterocycles. The van der Waals surface area contributed by atoms with Crippen LogP contribution in [-0.2, 0) is 4.74 Å². The van der Waals surface area contributed by atoms with Crippen LogP contribution in [0.1, 0.15) is 20.3 Å². The molecule has 0 saturated heterocycles. The Bertz CT molecular complexity index is 466. The van der Waals surface area contributed by atoms with Crippen LogP contribution in [-0.4, -0.2) is 34.2 Å². The molecular formula is C12H18N4O. The SMILES string of the molecule is CC(C)OCCCNc1ncnc2[nH]ccc12. The standard InChI is InChI=1S/C12H18N4O/c1-9(2)17-7-3-5-13-11-10-4-6-14-12(10)16-8-15-11/h4,6,8-9H,3,5,7H2,1-2H3,(H2,13,14,15,16). The molecule has 0 spiro atoms. The number of nitrogens with zero attached hydrogens (tertiary/aromatic N) is 2. The van der Waals surface area contributed by atoms with E-state index in [1.165, 1.54) is 0 Å². The van der Waals surface area contributed by atoms with Gasteiger partial charge in [0.05, 0.1) is 11.5 Å². The molecule has 0 radical (unpaired) electrons. The van der Waals surface area contributed by atoms with Crippen molar-refractivity contribution < 1.29 is 4.74 Å². The van der Waals surface area contributed by atoms with Crippen LogP contribution >= 0.6 is 0 Å². The minimum Gasteiger partial charge on any atom is -0.379 e. The summed E-state index contributed by atoms with van der Waals surface area (Å²) >= 11 is 0. The second-order valence-electron chi connectivity index (χ2n) is 4.16. The van der Waals surface area contributed by atoms with Crippen molar-refractivity contribution in [1.82, 2.24) is 15.0 Å². The number of nitrogens with one attached hydrogen (secondary N) is 2. The molecule has 0 unspecified atom stereocenters. The topological polar surface area (TPSA) is 62.8 Å². The first kappa shape index (κ1) is 11.9. The van der Waals surface area contributed by atoms with E-state index in [4.69, 9.17) is 4.74 Å². The zero-order valence-electron chi connectivity index (χ0n) is 10.2. The van der Waals surface area contributed by atoms with Gasteiger partial charge in [0.25, 0.3) is 0 Å². The maximum absolute atomic E-state index is 5.47. The molecule has 2 aromatic rings. The van der Waals surface area contributed by atoms with Crippen molar-refractivity contribution in [3.05, 3.63) is 18.6 Å². The summed E-state index contributed by atoms with van der Waals surface area (Å²) in [6, 6.07) is 1.97. The maximum Gasteiger partial charge on any atom is 0.142 e. The predicted octanol–water partition coefficient (Wildman–Crippen LogP) is 2.18. The fourth-order valence-corrected chi connectivity index (χ4v) is 1.61. The first-order chi connectivity index (χ1) is 8.27. The number of fused-ring (bicyclic) bond motifs is 1. The van der Waals surface area contributed by atoms with Gasteiger partial charge in [-0.15, -0.1) is 0 Å². The molecule has 2 aromatic heterocycles. The van der Waals surface area contributed by atoms with Gasteiger partial charge in [-0.2, -0.15) is 0 Å². The zero-order chi connectivity index (χ0) is 12.1. The lowest BCUT2D eigenvalue weighted by Gasteiger charge is -2.08. The molecule has 0 atom stereocenters. The van der Waals surface area contributed by atoms with Gasteiger partial charge in [-0.3, -0.25) is 0 Å². The third kappa shape index (κ3) is 3.17. The lowest BCUT2D eigenvalue weighted by molar-refractivity contribution is 0.0787. The maximum atomic E-state index is 5.47. The van der Waals surface area contributed by atoms with Crippen LogP contribution in [0.25, 0.3) is 11.0 Å². The van der Waals surface area contributed by atoms with E-state index in [9.17, 15) is 0 Å². The average Bonchev–Trinajstić information content (AvgIpc) is 2.77. The second-order valence-corrected chi connectivity index (χ2v) is 4.16. The van der Waals surface area contributed by atoms with E-state index < -0.39 is 0 Å². The quantitative estimate of drug-likeness (QED) is 0.752. The predicted molar refractivity (Wildman–Crippen MR) is 68.1 cm³/mol. The summed E-state index contributed by atoms with van der Waals surface area (Å²) in [5.41, 5.74) is 0.862. The van der Waals surface area contributed by atoms with E-state index >= 15 is 0 Å². The van der Waals surface area contributed by atoms with Crippen molar-refractivity contribution in [3.8, 4) is 0 Å².